The predicted molar refractivity (Wildman–Crippen MR) is 67.7 cm³/mol. The lowest BCUT2D eigenvalue weighted by molar-refractivity contribution is -0.118. The zero-order chi connectivity index (χ0) is 12.9. The van der Waals surface area contributed by atoms with E-state index < -0.39 is 0 Å². The van der Waals surface area contributed by atoms with Gasteiger partial charge in [-0.1, -0.05) is 32.9 Å². The summed E-state index contributed by atoms with van der Waals surface area (Å²) in [6, 6.07) is 0. The van der Waals surface area contributed by atoms with Gasteiger partial charge in [0.1, 0.15) is 5.78 Å². The van der Waals surface area contributed by atoms with E-state index in [1.807, 2.05) is 17.8 Å². The van der Waals surface area contributed by atoms with Crippen LogP contribution >= 0.6 is 0 Å². The second kappa shape index (κ2) is 5.94. The molecule has 1 rings (SSSR count). The van der Waals surface area contributed by atoms with Crippen LogP contribution in [0.4, 0.5) is 0 Å². The fourth-order valence-electron chi connectivity index (χ4n) is 1.69. The van der Waals surface area contributed by atoms with Crippen molar-refractivity contribution in [1.82, 2.24) is 15.0 Å². The summed E-state index contributed by atoms with van der Waals surface area (Å²) in [5.41, 5.74) is 1.26. The molecule has 0 radical (unpaired) electrons. The number of aromatic nitrogens is 3. The van der Waals surface area contributed by atoms with Gasteiger partial charge in [-0.05, 0) is 18.3 Å². The summed E-state index contributed by atoms with van der Waals surface area (Å²) >= 11 is 0. The molecule has 0 fully saturated rings. The first-order chi connectivity index (χ1) is 7.90. The van der Waals surface area contributed by atoms with Gasteiger partial charge in [0.2, 0.25) is 0 Å². The molecule has 0 saturated carbocycles. The van der Waals surface area contributed by atoms with Gasteiger partial charge in [-0.25, -0.2) is 0 Å². The molecular formula is C13H23N3O. The van der Waals surface area contributed by atoms with Crippen molar-refractivity contribution < 1.29 is 4.79 Å². The maximum absolute atomic E-state index is 11.1. The van der Waals surface area contributed by atoms with Crippen LogP contribution < -0.4 is 0 Å². The minimum Gasteiger partial charge on any atom is -0.300 e. The molecule has 0 amide bonds. The molecular weight excluding hydrogens is 214 g/mol. The van der Waals surface area contributed by atoms with Gasteiger partial charge in [-0.2, -0.15) is 0 Å². The summed E-state index contributed by atoms with van der Waals surface area (Å²) in [5.74, 6) is 0.319. The molecule has 17 heavy (non-hydrogen) atoms. The highest BCUT2D eigenvalue weighted by Crippen LogP contribution is 2.18. The molecule has 0 unspecified atom stereocenters. The van der Waals surface area contributed by atoms with Crippen LogP contribution in [-0.2, 0) is 17.8 Å². The molecule has 0 atom stereocenters. The second-order valence-corrected chi connectivity index (χ2v) is 5.71. The quantitative estimate of drug-likeness (QED) is 0.764. The monoisotopic (exact) mass is 237 g/mol. The van der Waals surface area contributed by atoms with Crippen molar-refractivity contribution >= 4 is 5.78 Å². The summed E-state index contributed by atoms with van der Waals surface area (Å²) in [6.07, 6.45) is 5.05. The zero-order valence-electron chi connectivity index (χ0n) is 11.4. The van der Waals surface area contributed by atoms with Gasteiger partial charge in [0.05, 0.1) is 5.69 Å². The summed E-state index contributed by atoms with van der Waals surface area (Å²) < 4.78 is 1.84. The van der Waals surface area contributed by atoms with E-state index >= 15 is 0 Å². The SMILES string of the molecule is CCC(=O)CCCn1cc(CC(C)(C)C)nn1. The van der Waals surface area contributed by atoms with Crippen molar-refractivity contribution in [3.8, 4) is 0 Å². The Morgan fingerprint density at radius 1 is 1.41 bits per heavy atom. The van der Waals surface area contributed by atoms with Crippen molar-refractivity contribution in [2.45, 2.75) is 59.9 Å². The second-order valence-electron chi connectivity index (χ2n) is 5.71. The summed E-state index contributed by atoms with van der Waals surface area (Å²) in [4.78, 5) is 11.1. The summed E-state index contributed by atoms with van der Waals surface area (Å²) in [5, 5.41) is 8.23. The van der Waals surface area contributed by atoms with Gasteiger partial charge >= 0.3 is 0 Å². The molecule has 1 aromatic rings. The molecule has 0 bridgehead atoms. The molecule has 0 aliphatic rings. The van der Waals surface area contributed by atoms with Crippen LogP contribution in [0.25, 0.3) is 0 Å². The molecule has 0 saturated heterocycles. The summed E-state index contributed by atoms with van der Waals surface area (Å²) in [6.45, 7) is 9.24. The van der Waals surface area contributed by atoms with E-state index in [9.17, 15) is 4.79 Å². The summed E-state index contributed by atoms with van der Waals surface area (Å²) in [7, 11) is 0. The minimum absolute atomic E-state index is 0.235. The van der Waals surface area contributed by atoms with E-state index in [1.165, 1.54) is 0 Å². The smallest absolute Gasteiger partial charge is 0.132 e. The third kappa shape index (κ3) is 5.61. The van der Waals surface area contributed by atoms with Crippen molar-refractivity contribution in [3.63, 3.8) is 0 Å². The van der Waals surface area contributed by atoms with Crippen LogP contribution in [0, 0.1) is 5.41 Å². The van der Waals surface area contributed by atoms with Gasteiger partial charge in [0, 0.05) is 25.6 Å². The fourth-order valence-corrected chi connectivity index (χ4v) is 1.69. The first-order valence-corrected chi connectivity index (χ1v) is 6.31. The van der Waals surface area contributed by atoms with Crippen LogP contribution in [0.15, 0.2) is 6.20 Å². The normalized spacial score (nSPS) is 11.8. The standard InChI is InChI=1S/C13H23N3O/c1-5-12(17)7-6-8-16-10-11(14-15-16)9-13(2,3)4/h10H,5-9H2,1-4H3. The molecule has 0 aliphatic heterocycles. The molecule has 4 heteroatoms. The lowest BCUT2D eigenvalue weighted by Crippen LogP contribution is -2.09. The third-order valence-electron chi connectivity index (χ3n) is 2.53. The Morgan fingerprint density at radius 3 is 2.71 bits per heavy atom. The van der Waals surface area contributed by atoms with E-state index in [0.29, 0.717) is 18.6 Å². The Bertz CT molecular complexity index is 363. The maximum atomic E-state index is 11.1. The van der Waals surface area contributed by atoms with Crippen LogP contribution in [-0.4, -0.2) is 20.8 Å². The van der Waals surface area contributed by atoms with E-state index in [0.717, 1.165) is 25.1 Å². The van der Waals surface area contributed by atoms with E-state index in [4.69, 9.17) is 0 Å². The van der Waals surface area contributed by atoms with Gasteiger partial charge in [0.25, 0.3) is 0 Å². The average Bonchev–Trinajstić information content (AvgIpc) is 2.62. The highest BCUT2D eigenvalue weighted by atomic mass is 16.1. The van der Waals surface area contributed by atoms with Crippen molar-refractivity contribution in [2.24, 2.45) is 5.41 Å². The Kier molecular flexibility index (Phi) is 4.85. The Hall–Kier alpha value is -1.19. The third-order valence-corrected chi connectivity index (χ3v) is 2.53. The molecule has 4 nitrogen and oxygen atoms in total. The number of rotatable bonds is 6. The van der Waals surface area contributed by atoms with Crippen molar-refractivity contribution in [1.29, 1.82) is 0 Å². The van der Waals surface area contributed by atoms with Crippen LogP contribution in [0.1, 0.15) is 52.7 Å². The number of nitrogens with zero attached hydrogens (tertiary/aromatic N) is 3. The first kappa shape index (κ1) is 13.9. The van der Waals surface area contributed by atoms with Crippen LogP contribution in [0.3, 0.4) is 0 Å². The molecule has 0 N–H and O–H groups in total. The number of hydrogen-bond donors (Lipinski definition) is 0. The highest BCUT2D eigenvalue weighted by molar-refractivity contribution is 5.77. The molecule has 0 aromatic carbocycles. The number of hydrogen-bond acceptors (Lipinski definition) is 3. The molecule has 0 spiro atoms. The van der Waals surface area contributed by atoms with E-state index in [2.05, 4.69) is 31.1 Å². The topological polar surface area (TPSA) is 47.8 Å². The van der Waals surface area contributed by atoms with E-state index in [1.54, 1.807) is 0 Å². The van der Waals surface area contributed by atoms with Gasteiger partial charge in [-0.15, -0.1) is 5.10 Å². The lowest BCUT2D eigenvalue weighted by Gasteiger charge is -2.15. The van der Waals surface area contributed by atoms with Crippen molar-refractivity contribution in [3.05, 3.63) is 11.9 Å². The van der Waals surface area contributed by atoms with Gasteiger partial charge in [-0.3, -0.25) is 9.48 Å². The number of ketones is 1. The molecule has 0 aliphatic carbocycles. The van der Waals surface area contributed by atoms with Crippen LogP contribution in [0.5, 0.6) is 0 Å². The number of carbonyl (C=O) groups is 1. The number of carbonyl (C=O) groups excluding carboxylic acids is 1. The fraction of sp³-hybridized carbons (Fsp3) is 0.769. The van der Waals surface area contributed by atoms with Gasteiger partial charge < -0.3 is 0 Å². The molecule has 1 heterocycles. The average molecular weight is 237 g/mol. The highest BCUT2D eigenvalue weighted by Gasteiger charge is 2.13. The van der Waals surface area contributed by atoms with Crippen LogP contribution in [0.2, 0.25) is 0 Å². The van der Waals surface area contributed by atoms with E-state index in [-0.39, 0.29) is 5.41 Å². The Morgan fingerprint density at radius 2 is 2.12 bits per heavy atom. The zero-order valence-corrected chi connectivity index (χ0v) is 11.4. The maximum Gasteiger partial charge on any atom is 0.132 e. The number of aryl methyl sites for hydroxylation is 1. The number of Topliss-reactive ketones (excluding diaryl/α,β-unsaturated/α-hetero) is 1. The first-order valence-electron chi connectivity index (χ1n) is 6.31. The van der Waals surface area contributed by atoms with Gasteiger partial charge in [0.15, 0.2) is 0 Å². The molecule has 1 aromatic heterocycles. The molecule has 96 valence electrons. The Balaban J connectivity index is 2.38. The Labute approximate surface area is 103 Å². The van der Waals surface area contributed by atoms with Crippen molar-refractivity contribution in [2.75, 3.05) is 0 Å². The largest absolute Gasteiger partial charge is 0.300 e. The lowest BCUT2D eigenvalue weighted by atomic mass is 9.91. The predicted octanol–water partition coefficient (Wildman–Crippen LogP) is 2.63. The minimum atomic E-state index is 0.235.